The maximum absolute atomic E-state index is 12.0. The number of hydrogen-bond donors (Lipinski definition) is 1. The summed E-state index contributed by atoms with van der Waals surface area (Å²) in [5.41, 5.74) is 0.392. The molecule has 5 heteroatoms. The number of amides is 1. The van der Waals surface area contributed by atoms with E-state index >= 15 is 0 Å². The first-order valence-corrected chi connectivity index (χ1v) is 5.76. The van der Waals surface area contributed by atoms with Crippen LogP contribution in [0.25, 0.3) is 0 Å². The fraction of sp³-hybridized carbons (Fsp3) is 0.364. The smallest absolute Gasteiger partial charge is 0.255 e. The number of nitrogens with zero attached hydrogens (tertiary/aromatic N) is 1. The average molecular weight is 260 g/mol. The zero-order chi connectivity index (χ0) is 11.7. The predicted octanol–water partition coefficient (Wildman–Crippen LogP) is 2.20. The Balaban J connectivity index is 2.24. The summed E-state index contributed by atoms with van der Waals surface area (Å²) in [5, 5.41) is 10.0. The Labute approximate surface area is 104 Å². The van der Waals surface area contributed by atoms with Crippen LogP contribution in [0.2, 0.25) is 10.0 Å². The highest BCUT2D eigenvalue weighted by Crippen LogP contribution is 2.27. The first-order valence-electron chi connectivity index (χ1n) is 5.01. The molecule has 0 spiro atoms. The standard InChI is InChI=1S/C11H11Cl2NO2/c12-9-3-1-2-8(10(9)13)11(16)14-5-4-7(15)6-14/h1-3,7,15H,4-6H2/t7-/m0/s1. The second-order valence-corrected chi connectivity index (χ2v) is 4.58. The minimum atomic E-state index is -0.429. The second kappa shape index (κ2) is 4.62. The van der Waals surface area contributed by atoms with Gasteiger partial charge in [-0.05, 0) is 18.6 Å². The molecule has 0 radical (unpaired) electrons. The number of aliphatic hydroxyl groups is 1. The summed E-state index contributed by atoms with van der Waals surface area (Å²) in [4.78, 5) is 13.6. The van der Waals surface area contributed by atoms with E-state index in [-0.39, 0.29) is 10.9 Å². The number of likely N-dealkylation sites (tertiary alicyclic amines) is 1. The largest absolute Gasteiger partial charge is 0.391 e. The molecule has 16 heavy (non-hydrogen) atoms. The van der Waals surface area contributed by atoms with Crippen molar-refractivity contribution < 1.29 is 9.90 Å². The molecule has 1 atom stereocenters. The van der Waals surface area contributed by atoms with Gasteiger partial charge in [0.15, 0.2) is 0 Å². The molecule has 0 bridgehead atoms. The number of benzene rings is 1. The number of carbonyl (C=O) groups is 1. The molecule has 0 aliphatic carbocycles. The third-order valence-electron chi connectivity index (χ3n) is 2.63. The van der Waals surface area contributed by atoms with E-state index in [1.54, 1.807) is 23.1 Å². The van der Waals surface area contributed by atoms with Gasteiger partial charge in [0, 0.05) is 13.1 Å². The molecule has 1 N–H and O–H groups in total. The predicted molar refractivity (Wildman–Crippen MR) is 63.0 cm³/mol. The van der Waals surface area contributed by atoms with Gasteiger partial charge >= 0.3 is 0 Å². The van der Waals surface area contributed by atoms with Crippen LogP contribution < -0.4 is 0 Å². The molecular formula is C11H11Cl2NO2. The van der Waals surface area contributed by atoms with Gasteiger partial charge in [-0.2, -0.15) is 0 Å². The van der Waals surface area contributed by atoms with Crippen LogP contribution >= 0.6 is 23.2 Å². The fourth-order valence-electron chi connectivity index (χ4n) is 1.77. The summed E-state index contributed by atoms with van der Waals surface area (Å²) in [5.74, 6) is -0.177. The van der Waals surface area contributed by atoms with Crippen molar-refractivity contribution in [2.45, 2.75) is 12.5 Å². The SMILES string of the molecule is O=C(c1cccc(Cl)c1Cl)N1CC[C@H](O)C1. The summed E-state index contributed by atoms with van der Waals surface area (Å²) >= 11 is 11.8. The van der Waals surface area contributed by atoms with Crippen LogP contribution in [0, 0.1) is 0 Å². The number of rotatable bonds is 1. The molecule has 1 aliphatic heterocycles. The molecule has 1 aliphatic rings. The maximum Gasteiger partial charge on any atom is 0.255 e. The highest BCUT2D eigenvalue weighted by Gasteiger charge is 2.26. The molecule has 2 rings (SSSR count). The second-order valence-electron chi connectivity index (χ2n) is 3.80. The zero-order valence-corrected chi connectivity index (χ0v) is 10.0. The van der Waals surface area contributed by atoms with Gasteiger partial charge in [0.1, 0.15) is 0 Å². The Morgan fingerprint density at radius 3 is 2.81 bits per heavy atom. The van der Waals surface area contributed by atoms with Crippen LogP contribution in [0.5, 0.6) is 0 Å². The van der Waals surface area contributed by atoms with Gasteiger partial charge < -0.3 is 10.0 Å². The normalized spacial score (nSPS) is 20.2. The lowest BCUT2D eigenvalue weighted by Gasteiger charge is -2.16. The zero-order valence-electron chi connectivity index (χ0n) is 8.49. The Morgan fingerprint density at radius 2 is 2.19 bits per heavy atom. The van der Waals surface area contributed by atoms with E-state index in [2.05, 4.69) is 0 Å². The van der Waals surface area contributed by atoms with Gasteiger partial charge in [0.25, 0.3) is 5.91 Å². The van der Waals surface area contributed by atoms with E-state index in [9.17, 15) is 9.90 Å². The minimum Gasteiger partial charge on any atom is -0.391 e. The highest BCUT2D eigenvalue weighted by molar-refractivity contribution is 6.43. The summed E-state index contributed by atoms with van der Waals surface area (Å²) in [6, 6.07) is 4.97. The molecule has 0 unspecified atom stereocenters. The van der Waals surface area contributed by atoms with Crippen LogP contribution in [0.15, 0.2) is 18.2 Å². The molecule has 1 amide bonds. The maximum atomic E-state index is 12.0. The van der Waals surface area contributed by atoms with E-state index < -0.39 is 6.10 Å². The lowest BCUT2D eigenvalue weighted by molar-refractivity contribution is 0.0765. The van der Waals surface area contributed by atoms with E-state index in [1.807, 2.05) is 0 Å². The van der Waals surface area contributed by atoms with E-state index in [0.29, 0.717) is 30.1 Å². The molecule has 1 aromatic rings. The van der Waals surface area contributed by atoms with Crippen molar-refractivity contribution in [1.29, 1.82) is 0 Å². The van der Waals surface area contributed by atoms with Crippen molar-refractivity contribution in [2.24, 2.45) is 0 Å². The molecule has 1 saturated heterocycles. The third-order valence-corrected chi connectivity index (χ3v) is 3.45. The molecule has 86 valence electrons. The number of aliphatic hydroxyl groups excluding tert-OH is 1. The summed E-state index contributed by atoms with van der Waals surface area (Å²) in [6.45, 7) is 0.921. The van der Waals surface area contributed by atoms with E-state index in [4.69, 9.17) is 23.2 Å². The monoisotopic (exact) mass is 259 g/mol. The van der Waals surface area contributed by atoms with Gasteiger partial charge in [0.2, 0.25) is 0 Å². The lowest BCUT2D eigenvalue weighted by Crippen LogP contribution is -2.29. The van der Waals surface area contributed by atoms with Gasteiger partial charge in [-0.1, -0.05) is 29.3 Å². The van der Waals surface area contributed by atoms with Crippen LogP contribution in [-0.2, 0) is 0 Å². The van der Waals surface area contributed by atoms with Crippen molar-refractivity contribution in [3.05, 3.63) is 33.8 Å². The Morgan fingerprint density at radius 1 is 1.44 bits per heavy atom. The number of halogens is 2. The number of β-amino-alcohol motifs (C(OH)–C–C–N with tert-alkyl or cyclic N) is 1. The molecule has 1 fully saturated rings. The minimum absolute atomic E-state index is 0.177. The Bertz CT molecular complexity index is 422. The highest BCUT2D eigenvalue weighted by atomic mass is 35.5. The molecule has 0 aromatic heterocycles. The Kier molecular flexibility index (Phi) is 3.38. The van der Waals surface area contributed by atoms with Crippen LogP contribution in [0.4, 0.5) is 0 Å². The molecular weight excluding hydrogens is 249 g/mol. The lowest BCUT2D eigenvalue weighted by atomic mass is 10.2. The number of carbonyl (C=O) groups excluding carboxylic acids is 1. The molecule has 3 nitrogen and oxygen atoms in total. The first-order chi connectivity index (χ1) is 7.59. The van der Waals surface area contributed by atoms with Crippen molar-refractivity contribution in [1.82, 2.24) is 4.90 Å². The average Bonchev–Trinajstić information content (AvgIpc) is 2.68. The topological polar surface area (TPSA) is 40.5 Å². The van der Waals surface area contributed by atoms with Crippen LogP contribution in [-0.4, -0.2) is 35.1 Å². The molecule has 1 heterocycles. The van der Waals surface area contributed by atoms with Gasteiger partial charge in [0.05, 0.1) is 21.7 Å². The third kappa shape index (κ3) is 2.17. The number of hydrogen-bond acceptors (Lipinski definition) is 2. The van der Waals surface area contributed by atoms with Crippen LogP contribution in [0.3, 0.4) is 0 Å². The van der Waals surface area contributed by atoms with Crippen molar-refractivity contribution in [3.63, 3.8) is 0 Å². The van der Waals surface area contributed by atoms with Crippen molar-refractivity contribution in [2.75, 3.05) is 13.1 Å². The summed E-state index contributed by atoms with van der Waals surface area (Å²) < 4.78 is 0. The molecule has 0 saturated carbocycles. The van der Waals surface area contributed by atoms with Crippen LogP contribution in [0.1, 0.15) is 16.8 Å². The summed E-state index contributed by atoms with van der Waals surface area (Å²) in [7, 11) is 0. The van der Waals surface area contributed by atoms with Crippen molar-refractivity contribution >= 4 is 29.1 Å². The Hall–Kier alpha value is -0.770. The van der Waals surface area contributed by atoms with E-state index in [1.165, 1.54) is 0 Å². The van der Waals surface area contributed by atoms with E-state index in [0.717, 1.165) is 0 Å². The molecule has 1 aromatic carbocycles. The van der Waals surface area contributed by atoms with Gasteiger partial charge in [-0.15, -0.1) is 0 Å². The van der Waals surface area contributed by atoms with Gasteiger partial charge in [-0.3, -0.25) is 4.79 Å². The van der Waals surface area contributed by atoms with Crippen molar-refractivity contribution in [3.8, 4) is 0 Å². The fourth-order valence-corrected chi connectivity index (χ4v) is 2.15. The quantitative estimate of drug-likeness (QED) is 0.840. The first kappa shape index (κ1) is 11.7. The summed E-state index contributed by atoms with van der Waals surface area (Å²) in [6.07, 6.45) is 0.186. The van der Waals surface area contributed by atoms with Gasteiger partial charge in [-0.25, -0.2) is 0 Å².